The van der Waals surface area contributed by atoms with Gasteiger partial charge >= 0.3 is 0 Å². The average molecular weight is 285 g/mol. The Kier molecular flexibility index (Phi) is 7.09. The summed E-state index contributed by atoms with van der Waals surface area (Å²) in [6, 6.07) is 5.88. The number of hydrogen-bond acceptors (Lipinski definition) is 2. The van der Waals surface area contributed by atoms with E-state index in [9.17, 15) is 4.79 Å². The lowest BCUT2D eigenvalue weighted by atomic mass is 9.94. The van der Waals surface area contributed by atoms with Crippen molar-refractivity contribution in [1.82, 2.24) is 5.32 Å². The van der Waals surface area contributed by atoms with Gasteiger partial charge in [-0.2, -0.15) is 0 Å². The van der Waals surface area contributed by atoms with Crippen LogP contribution < -0.4 is 11.1 Å². The maximum atomic E-state index is 12.2. The van der Waals surface area contributed by atoms with Gasteiger partial charge in [-0.15, -0.1) is 12.4 Å². The fraction of sp³-hybridized carbons (Fsp3) is 0.533. The molecular formula is C15H25ClN2O. The molecule has 0 spiro atoms. The molecular weight excluding hydrogens is 260 g/mol. The summed E-state index contributed by atoms with van der Waals surface area (Å²) in [5, 5.41) is 2.96. The Morgan fingerprint density at radius 3 is 2.11 bits per heavy atom. The third-order valence-electron chi connectivity index (χ3n) is 3.72. The summed E-state index contributed by atoms with van der Waals surface area (Å²) in [5.74, 6) is -0.0256. The van der Waals surface area contributed by atoms with E-state index in [0.29, 0.717) is 6.54 Å². The van der Waals surface area contributed by atoms with Crippen LogP contribution in [-0.4, -0.2) is 18.0 Å². The van der Waals surface area contributed by atoms with E-state index in [2.05, 4.69) is 19.2 Å². The zero-order valence-electron chi connectivity index (χ0n) is 12.2. The molecule has 0 saturated carbocycles. The largest absolute Gasteiger partial charge is 0.350 e. The number of aryl methyl sites for hydroxylation is 2. The summed E-state index contributed by atoms with van der Waals surface area (Å²) in [4.78, 5) is 12.2. The molecule has 108 valence electrons. The van der Waals surface area contributed by atoms with Gasteiger partial charge in [0.25, 0.3) is 5.91 Å². The van der Waals surface area contributed by atoms with E-state index >= 15 is 0 Å². The van der Waals surface area contributed by atoms with Gasteiger partial charge in [0.1, 0.15) is 0 Å². The van der Waals surface area contributed by atoms with Crippen LogP contribution in [0.15, 0.2) is 18.2 Å². The van der Waals surface area contributed by atoms with E-state index in [4.69, 9.17) is 5.73 Å². The van der Waals surface area contributed by atoms with Crippen LogP contribution in [0.3, 0.4) is 0 Å². The first-order valence-electron chi connectivity index (χ1n) is 6.57. The van der Waals surface area contributed by atoms with Crippen molar-refractivity contribution in [2.24, 2.45) is 5.73 Å². The molecule has 1 rings (SSSR count). The smallest absolute Gasteiger partial charge is 0.251 e. The molecule has 19 heavy (non-hydrogen) atoms. The van der Waals surface area contributed by atoms with Crippen LogP contribution in [0.5, 0.6) is 0 Å². The molecule has 0 aliphatic heterocycles. The van der Waals surface area contributed by atoms with Crippen LogP contribution >= 0.6 is 12.4 Å². The van der Waals surface area contributed by atoms with Crippen LogP contribution in [0.4, 0.5) is 0 Å². The Hall–Kier alpha value is -1.06. The van der Waals surface area contributed by atoms with Crippen molar-refractivity contribution < 1.29 is 4.79 Å². The van der Waals surface area contributed by atoms with Crippen LogP contribution in [0.1, 0.15) is 48.2 Å². The maximum Gasteiger partial charge on any atom is 0.251 e. The summed E-state index contributed by atoms with van der Waals surface area (Å²) in [5.41, 5.74) is 8.66. The zero-order valence-corrected chi connectivity index (χ0v) is 13.1. The minimum absolute atomic E-state index is 0. The number of hydrogen-bond donors (Lipinski definition) is 2. The lowest BCUT2D eigenvalue weighted by molar-refractivity contribution is 0.0941. The van der Waals surface area contributed by atoms with Gasteiger partial charge in [0.05, 0.1) is 0 Å². The fourth-order valence-electron chi connectivity index (χ4n) is 2.02. The van der Waals surface area contributed by atoms with Crippen LogP contribution in [0.2, 0.25) is 0 Å². The topological polar surface area (TPSA) is 55.1 Å². The first kappa shape index (κ1) is 17.9. The van der Waals surface area contributed by atoms with E-state index in [0.717, 1.165) is 29.5 Å². The van der Waals surface area contributed by atoms with E-state index in [1.165, 1.54) is 0 Å². The molecule has 0 unspecified atom stereocenters. The van der Waals surface area contributed by atoms with Crippen molar-refractivity contribution in [3.8, 4) is 0 Å². The van der Waals surface area contributed by atoms with Crippen molar-refractivity contribution >= 4 is 18.3 Å². The predicted octanol–water partition coefficient (Wildman–Crippen LogP) is 2.97. The molecule has 1 aromatic rings. The number of halogens is 1. The van der Waals surface area contributed by atoms with Gasteiger partial charge in [-0.1, -0.05) is 32.0 Å². The van der Waals surface area contributed by atoms with Crippen molar-refractivity contribution in [2.75, 3.05) is 6.54 Å². The van der Waals surface area contributed by atoms with Crippen LogP contribution in [-0.2, 0) is 0 Å². The van der Waals surface area contributed by atoms with Crippen molar-refractivity contribution in [1.29, 1.82) is 0 Å². The molecule has 0 atom stereocenters. The van der Waals surface area contributed by atoms with E-state index in [-0.39, 0.29) is 23.9 Å². The molecule has 0 bridgehead atoms. The summed E-state index contributed by atoms with van der Waals surface area (Å²) in [6.45, 7) is 8.53. The van der Waals surface area contributed by atoms with Gasteiger partial charge < -0.3 is 11.1 Å². The lowest BCUT2D eigenvalue weighted by Crippen LogP contribution is -2.49. The summed E-state index contributed by atoms with van der Waals surface area (Å²) < 4.78 is 0. The summed E-state index contributed by atoms with van der Waals surface area (Å²) in [7, 11) is 0. The van der Waals surface area contributed by atoms with Gasteiger partial charge in [-0.25, -0.2) is 0 Å². The van der Waals surface area contributed by atoms with E-state index in [1.54, 1.807) is 0 Å². The summed E-state index contributed by atoms with van der Waals surface area (Å²) >= 11 is 0. The number of benzene rings is 1. The van der Waals surface area contributed by atoms with Crippen LogP contribution in [0, 0.1) is 13.8 Å². The molecule has 0 heterocycles. The van der Waals surface area contributed by atoms with Gasteiger partial charge in [0.15, 0.2) is 0 Å². The minimum atomic E-state index is -0.299. The molecule has 0 aliphatic rings. The Balaban J connectivity index is 0.00000324. The quantitative estimate of drug-likeness (QED) is 0.873. The SMILES string of the molecule is CCC(N)(CC)CNC(=O)c1c(C)cccc1C.Cl. The highest BCUT2D eigenvalue weighted by Gasteiger charge is 2.22. The Morgan fingerprint density at radius 1 is 1.21 bits per heavy atom. The molecule has 1 aromatic carbocycles. The average Bonchev–Trinajstić information content (AvgIpc) is 2.36. The maximum absolute atomic E-state index is 12.2. The molecule has 0 radical (unpaired) electrons. The Labute approximate surface area is 122 Å². The number of rotatable bonds is 5. The van der Waals surface area contributed by atoms with Gasteiger partial charge in [0.2, 0.25) is 0 Å². The molecule has 0 fully saturated rings. The second-order valence-corrected chi connectivity index (χ2v) is 5.02. The molecule has 3 N–H and O–H groups in total. The molecule has 4 heteroatoms. The minimum Gasteiger partial charge on any atom is -0.350 e. The summed E-state index contributed by atoms with van der Waals surface area (Å²) in [6.07, 6.45) is 1.72. The second-order valence-electron chi connectivity index (χ2n) is 5.02. The monoisotopic (exact) mass is 284 g/mol. The standard InChI is InChI=1S/C15H24N2O.ClH/c1-5-15(16,6-2)10-17-14(18)13-11(3)8-7-9-12(13)4;/h7-9H,5-6,10,16H2,1-4H3,(H,17,18);1H. The van der Waals surface area contributed by atoms with Gasteiger partial charge in [-0.05, 0) is 37.8 Å². The van der Waals surface area contributed by atoms with Gasteiger partial charge in [-0.3, -0.25) is 4.79 Å². The lowest BCUT2D eigenvalue weighted by Gasteiger charge is -2.27. The third-order valence-corrected chi connectivity index (χ3v) is 3.72. The molecule has 3 nitrogen and oxygen atoms in total. The highest BCUT2D eigenvalue weighted by molar-refractivity contribution is 5.97. The van der Waals surface area contributed by atoms with Crippen molar-refractivity contribution in [2.45, 2.75) is 46.1 Å². The highest BCUT2D eigenvalue weighted by atomic mass is 35.5. The first-order valence-corrected chi connectivity index (χ1v) is 6.57. The van der Waals surface area contributed by atoms with E-state index in [1.807, 2.05) is 32.0 Å². The second kappa shape index (κ2) is 7.51. The zero-order chi connectivity index (χ0) is 13.8. The molecule has 0 saturated heterocycles. The molecule has 1 amide bonds. The Bertz CT molecular complexity index is 408. The van der Waals surface area contributed by atoms with Crippen LogP contribution in [0.25, 0.3) is 0 Å². The van der Waals surface area contributed by atoms with Gasteiger partial charge in [0, 0.05) is 17.6 Å². The number of nitrogens with two attached hydrogens (primary N) is 1. The fourth-order valence-corrected chi connectivity index (χ4v) is 2.02. The molecule has 0 aromatic heterocycles. The van der Waals surface area contributed by atoms with E-state index < -0.39 is 0 Å². The molecule has 0 aliphatic carbocycles. The predicted molar refractivity (Wildman–Crippen MR) is 83.0 cm³/mol. The first-order chi connectivity index (χ1) is 8.43. The number of nitrogens with one attached hydrogen (secondary N) is 1. The number of carbonyl (C=O) groups is 1. The normalized spacial score (nSPS) is 10.8. The van der Waals surface area contributed by atoms with Crippen molar-refractivity contribution in [3.05, 3.63) is 34.9 Å². The third kappa shape index (κ3) is 4.51. The number of amides is 1. The Morgan fingerprint density at radius 2 is 1.68 bits per heavy atom. The number of carbonyl (C=O) groups excluding carboxylic acids is 1. The highest BCUT2D eigenvalue weighted by Crippen LogP contribution is 2.14. The van der Waals surface area contributed by atoms with Crippen molar-refractivity contribution in [3.63, 3.8) is 0 Å².